The quantitative estimate of drug-likeness (QED) is 0.861. The maximum Gasteiger partial charge on any atom is 0.431 e. The number of aliphatic hydroxyl groups is 1. The van der Waals surface area contributed by atoms with Crippen LogP contribution in [0.5, 0.6) is 0 Å². The number of carboxylic acid groups (broad SMARTS) is 1. The van der Waals surface area contributed by atoms with E-state index in [1.165, 1.54) is 19.2 Å². The molecule has 0 spiro atoms. The van der Waals surface area contributed by atoms with Crippen LogP contribution >= 0.6 is 11.6 Å². The van der Waals surface area contributed by atoms with Gasteiger partial charge in [-0.25, -0.2) is 14.6 Å². The Hall–Kier alpha value is -1.99. The number of benzene rings is 1. The molecule has 0 bridgehead atoms. The van der Waals surface area contributed by atoms with Crippen LogP contribution in [-0.4, -0.2) is 52.1 Å². The Morgan fingerprint density at radius 3 is 2.68 bits per heavy atom. The second-order valence-corrected chi connectivity index (χ2v) is 4.47. The molecule has 1 saturated heterocycles. The zero-order valence-electron chi connectivity index (χ0n) is 10.0. The lowest BCUT2D eigenvalue weighted by molar-refractivity contribution is 0.0788. The molecule has 1 aromatic rings. The number of halogens is 1. The minimum absolute atomic E-state index is 0.131. The van der Waals surface area contributed by atoms with Crippen LogP contribution < -0.4 is 5.01 Å². The number of urea groups is 1. The molecule has 1 heterocycles. The number of hydrazine groups is 1. The van der Waals surface area contributed by atoms with Gasteiger partial charge >= 0.3 is 12.1 Å². The fourth-order valence-electron chi connectivity index (χ4n) is 1.79. The van der Waals surface area contributed by atoms with Gasteiger partial charge in [0.15, 0.2) is 0 Å². The van der Waals surface area contributed by atoms with Crippen molar-refractivity contribution in [2.24, 2.45) is 0 Å². The molecule has 102 valence electrons. The summed E-state index contributed by atoms with van der Waals surface area (Å²) in [6.45, 7) is -0.131. The van der Waals surface area contributed by atoms with Gasteiger partial charge in [0.05, 0.1) is 12.2 Å². The van der Waals surface area contributed by atoms with Gasteiger partial charge in [0.25, 0.3) is 0 Å². The van der Waals surface area contributed by atoms with Crippen LogP contribution in [0, 0.1) is 0 Å². The normalized spacial score (nSPS) is 18.9. The predicted molar refractivity (Wildman–Crippen MR) is 67.8 cm³/mol. The summed E-state index contributed by atoms with van der Waals surface area (Å²) < 4.78 is 0. The number of amides is 3. The summed E-state index contributed by atoms with van der Waals surface area (Å²) in [7, 11) is 1.39. The van der Waals surface area contributed by atoms with E-state index in [1.807, 2.05) is 0 Å². The Labute approximate surface area is 114 Å². The zero-order valence-corrected chi connectivity index (χ0v) is 10.8. The van der Waals surface area contributed by atoms with E-state index in [-0.39, 0.29) is 12.2 Å². The van der Waals surface area contributed by atoms with Crippen molar-refractivity contribution in [3.05, 3.63) is 29.3 Å². The first-order valence-electron chi connectivity index (χ1n) is 5.42. The van der Waals surface area contributed by atoms with Crippen LogP contribution in [0.2, 0.25) is 5.02 Å². The second kappa shape index (κ2) is 4.94. The topological polar surface area (TPSA) is 84.3 Å². The molecular formula is C11H12ClN3O4. The highest BCUT2D eigenvalue weighted by molar-refractivity contribution is 6.30. The first-order chi connectivity index (χ1) is 8.91. The first kappa shape index (κ1) is 13.4. The van der Waals surface area contributed by atoms with Crippen molar-refractivity contribution < 1.29 is 19.8 Å². The highest BCUT2D eigenvalue weighted by atomic mass is 35.5. The summed E-state index contributed by atoms with van der Waals surface area (Å²) in [5, 5.41) is 20.9. The third-order valence-electron chi connectivity index (χ3n) is 2.78. The van der Waals surface area contributed by atoms with Crippen molar-refractivity contribution in [3.63, 3.8) is 0 Å². The van der Waals surface area contributed by atoms with Gasteiger partial charge in [0.2, 0.25) is 0 Å². The first-order valence-corrected chi connectivity index (χ1v) is 5.80. The molecule has 1 unspecified atom stereocenters. The zero-order chi connectivity index (χ0) is 14.2. The minimum atomic E-state index is -1.34. The molecule has 7 nitrogen and oxygen atoms in total. The lowest BCUT2D eigenvalue weighted by atomic mass is 10.3. The molecule has 1 aliphatic heterocycles. The summed E-state index contributed by atoms with van der Waals surface area (Å²) >= 11 is 5.81. The number of likely N-dealkylation sites (N-methyl/N-ethyl adjacent to an activating group) is 1. The molecule has 19 heavy (non-hydrogen) atoms. The Balaban J connectivity index is 2.37. The highest BCUT2D eigenvalue weighted by Crippen LogP contribution is 2.24. The molecule has 8 heteroatoms. The Morgan fingerprint density at radius 1 is 1.53 bits per heavy atom. The van der Waals surface area contributed by atoms with Crippen LogP contribution in [0.4, 0.5) is 15.3 Å². The number of rotatable bonds is 2. The molecule has 0 aliphatic carbocycles. The smallest absolute Gasteiger partial charge is 0.431 e. The van der Waals surface area contributed by atoms with Crippen LogP contribution in [0.3, 0.4) is 0 Å². The van der Waals surface area contributed by atoms with E-state index in [9.17, 15) is 19.8 Å². The minimum Gasteiger partial charge on any atom is -0.463 e. The van der Waals surface area contributed by atoms with Crippen molar-refractivity contribution in [2.75, 3.05) is 18.6 Å². The third kappa shape index (κ3) is 2.42. The predicted octanol–water partition coefficient (Wildman–Crippen LogP) is 1.43. The van der Waals surface area contributed by atoms with Gasteiger partial charge in [-0.1, -0.05) is 17.7 Å². The molecule has 2 N–H and O–H groups in total. The van der Waals surface area contributed by atoms with Gasteiger partial charge in [-0.2, -0.15) is 5.01 Å². The summed E-state index contributed by atoms with van der Waals surface area (Å²) in [5.74, 6) is 0. The fourth-order valence-corrected chi connectivity index (χ4v) is 1.98. The number of nitrogens with zero attached hydrogens (tertiary/aromatic N) is 3. The Morgan fingerprint density at radius 2 is 2.21 bits per heavy atom. The van der Waals surface area contributed by atoms with Crippen molar-refractivity contribution in [1.29, 1.82) is 0 Å². The van der Waals surface area contributed by atoms with Crippen LogP contribution in [0.1, 0.15) is 0 Å². The van der Waals surface area contributed by atoms with Gasteiger partial charge in [-0.15, -0.1) is 0 Å². The van der Waals surface area contributed by atoms with Gasteiger partial charge < -0.3 is 10.2 Å². The number of carbonyl (C=O) groups is 2. The van der Waals surface area contributed by atoms with Crippen molar-refractivity contribution in [1.82, 2.24) is 9.91 Å². The van der Waals surface area contributed by atoms with E-state index < -0.39 is 18.4 Å². The number of aliphatic hydroxyl groups excluding tert-OH is 1. The second-order valence-electron chi connectivity index (χ2n) is 4.03. The third-order valence-corrected chi connectivity index (χ3v) is 3.02. The van der Waals surface area contributed by atoms with Gasteiger partial charge in [-0.05, 0) is 18.2 Å². The molecule has 1 aromatic carbocycles. The molecule has 1 aliphatic rings. The maximum atomic E-state index is 11.9. The van der Waals surface area contributed by atoms with E-state index in [2.05, 4.69) is 0 Å². The number of anilines is 1. The Bertz CT molecular complexity index is 524. The monoisotopic (exact) mass is 285 g/mol. The summed E-state index contributed by atoms with van der Waals surface area (Å²) in [5.41, 5.74) is 0.232. The number of hydrogen-bond acceptors (Lipinski definition) is 3. The number of β-amino-alcohol motifs (C(OH)–C–C–N with tert-alkyl or cyclic N) is 1. The molecule has 1 fully saturated rings. The summed E-state index contributed by atoms with van der Waals surface area (Å²) in [6, 6.07) is 5.51. The lowest BCUT2D eigenvalue weighted by Gasteiger charge is -2.28. The van der Waals surface area contributed by atoms with Crippen LogP contribution in [0.15, 0.2) is 24.3 Å². The van der Waals surface area contributed by atoms with Gasteiger partial charge in [0.1, 0.15) is 6.23 Å². The number of carbonyl (C=O) groups excluding carboxylic acids is 1. The maximum absolute atomic E-state index is 11.9. The van der Waals surface area contributed by atoms with E-state index in [0.717, 1.165) is 14.9 Å². The molecule has 3 amide bonds. The van der Waals surface area contributed by atoms with Crippen molar-refractivity contribution >= 4 is 29.4 Å². The number of hydrogen-bond donors (Lipinski definition) is 2. The van der Waals surface area contributed by atoms with Crippen molar-refractivity contribution in [2.45, 2.75) is 6.23 Å². The summed E-state index contributed by atoms with van der Waals surface area (Å²) in [4.78, 5) is 24.3. The average Bonchev–Trinajstić information content (AvgIpc) is 2.57. The SMILES string of the molecule is CN1C(=O)N(N(C(=O)O)c2cccc(Cl)c2)CC1O. The van der Waals surface area contributed by atoms with Crippen LogP contribution in [0.25, 0.3) is 0 Å². The molecule has 0 saturated carbocycles. The standard InChI is InChI=1S/C11H12ClN3O4/c1-13-9(16)6-14(10(13)17)15(11(18)19)8-4-2-3-7(12)5-8/h2-5,9,16H,6H2,1H3,(H,18,19). The fraction of sp³-hybridized carbons (Fsp3) is 0.273. The van der Waals surface area contributed by atoms with E-state index in [4.69, 9.17) is 11.6 Å². The van der Waals surface area contributed by atoms with Crippen LogP contribution in [-0.2, 0) is 0 Å². The van der Waals surface area contributed by atoms with E-state index in [1.54, 1.807) is 12.1 Å². The lowest BCUT2D eigenvalue weighted by Crippen LogP contribution is -2.48. The van der Waals surface area contributed by atoms with E-state index in [0.29, 0.717) is 5.02 Å². The molecule has 1 atom stereocenters. The molecule has 2 rings (SSSR count). The summed E-state index contributed by atoms with van der Waals surface area (Å²) in [6.07, 6.45) is -2.38. The highest BCUT2D eigenvalue weighted by Gasteiger charge is 2.39. The van der Waals surface area contributed by atoms with Gasteiger partial charge in [0, 0.05) is 12.1 Å². The molecular weight excluding hydrogens is 274 g/mol. The molecule has 0 radical (unpaired) electrons. The average molecular weight is 286 g/mol. The Kier molecular flexibility index (Phi) is 3.50. The van der Waals surface area contributed by atoms with E-state index >= 15 is 0 Å². The largest absolute Gasteiger partial charge is 0.463 e. The van der Waals surface area contributed by atoms with Crippen molar-refractivity contribution in [3.8, 4) is 0 Å². The molecule has 0 aromatic heterocycles. The van der Waals surface area contributed by atoms with Gasteiger partial charge in [-0.3, -0.25) is 4.90 Å².